The first-order valence-corrected chi connectivity index (χ1v) is 27.7. The van der Waals surface area contributed by atoms with Crippen LogP contribution in [0.4, 0.5) is 0 Å². The average Bonchev–Trinajstić information content (AvgIpc) is 3.30. The van der Waals surface area contributed by atoms with Crippen molar-refractivity contribution in [3.63, 3.8) is 0 Å². The second-order valence-corrected chi connectivity index (χ2v) is 18.8. The number of hydrogen-bond acceptors (Lipinski definition) is 10. The largest absolute Gasteiger partial charge is 0.472 e. The molecule has 0 aliphatic heterocycles. The molecule has 0 rings (SSSR count). The minimum absolute atomic E-state index is 0.147. The van der Waals surface area contributed by atoms with E-state index < -0.39 is 57.8 Å². The third kappa shape index (κ3) is 46.3. The molecule has 0 aromatic rings. The van der Waals surface area contributed by atoms with Crippen molar-refractivity contribution in [1.29, 1.82) is 0 Å². The van der Waals surface area contributed by atoms with Gasteiger partial charge in [-0.1, -0.05) is 171 Å². The van der Waals surface area contributed by atoms with Crippen LogP contribution >= 0.6 is 7.82 Å². The van der Waals surface area contributed by atoms with Gasteiger partial charge in [0.2, 0.25) is 0 Å². The number of rotatable bonds is 48. The Balaban J connectivity index is 4.77. The molecule has 0 aliphatic rings. The zero-order valence-corrected chi connectivity index (χ0v) is 42.8. The maximum absolute atomic E-state index is 12.8. The van der Waals surface area contributed by atoms with Crippen LogP contribution in [0.3, 0.4) is 0 Å². The minimum atomic E-state index is -4.75. The summed E-state index contributed by atoms with van der Waals surface area (Å²) in [4.78, 5) is 48.3. The first-order valence-electron chi connectivity index (χ1n) is 26.2. The number of phosphoric ester groups is 1. The third-order valence-electron chi connectivity index (χ3n) is 10.8. The summed E-state index contributed by atoms with van der Waals surface area (Å²) in [6.45, 7) is 4.44. The van der Waals surface area contributed by atoms with Crippen LogP contribution in [-0.2, 0) is 42.2 Å². The van der Waals surface area contributed by atoms with Crippen molar-refractivity contribution in [2.45, 2.75) is 238 Å². The molecule has 0 heterocycles. The van der Waals surface area contributed by atoms with Crippen LogP contribution in [0.1, 0.15) is 226 Å². The topological polar surface area (TPSA) is 155 Å². The van der Waals surface area contributed by atoms with Crippen LogP contribution in [0.2, 0.25) is 0 Å². The molecule has 2 N–H and O–H groups in total. The molecule has 382 valence electrons. The summed E-state index contributed by atoms with van der Waals surface area (Å²) in [5.41, 5.74) is 0. The normalized spacial score (nSPS) is 14.0. The zero-order valence-electron chi connectivity index (χ0n) is 41.9. The molecular weight excluding hydrogens is 856 g/mol. The molecule has 11 nitrogen and oxygen atoms in total. The summed E-state index contributed by atoms with van der Waals surface area (Å²) in [5, 5.41) is 9.77. The van der Waals surface area contributed by atoms with Crippen molar-refractivity contribution < 1.29 is 52.2 Å². The fourth-order valence-corrected chi connectivity index (χ4v) is 7.62. The van der Waals surface area contributed by atoms with Gasteiger partial charge in [-0.3, -0.25) is 23.4 Å². The smallest absolute Gasteiger partial charge is 0.462 e. The van der Waals surface area contributed by atoms with Gasteiger partial charge in [0, 0.05) is 19.3 Å². The maximum atomic E-state index is 12.8. The molecule has 0 bridgehead atoms. The van der Waals surface area contributed by atoms with Crippen molar-refractivity contribution in [3.8, 4) is 0 Å². The second kappa shape index (κ2) is 48.6. The van der Waals surface area contributed by atoms with Crippen molar-refractivity contribution in [2.24, 2.45) is 0 Å². The molecule has 0 aliphatic carbocycles. The van der Waals surface area contributed by atoms with Crippen LogP contribution in [0.5, 0.6) is 0 Å². The lowest BCUT2D eigenvalue weighted by Crippen LogP contribution is -2.30. The molecule has 0 saturated carbocycles. The zero-order chi connectivity index (χ0) is 48.4. The fourth-order valence-electron chi connectivity index (χ4n) is 6.84. The number of aliphatic hydroxyl groups excluding tert-OH is 1. The van der Waals surface area contributed by atoms with E-state index in [1.807, 2.05) is 0 Å². The quantitative estimate of drug-likeness (QED) is 0.0197. The lowest BCUT2D eigenvalue weighted by Gasteiger charge is -2.21. The highest BCUT2D eigenvalue weighted by Gasteiger charge is 2.28. The average molecular weight is 951 g/mol. The number of unbranched alkanes of at least 4 members (excludes halogenated alkanes) is 21. The number of phosphoric acid groups is 1. The molecule has 0 radical (unpaired) electrons. The highest BCUT2D eigenvalue weighted by atomic mass is 31.2. The summed E-state index contributed by atoms with van der Waals surface area (Å²) in [7, 11) is -4.75. The monoisotopic (exact) mass is 951 g/mol. The molecule has 66 heavy (non-hydrogen) atoms. The molecule has 0 aromatic carbocycles. The Morgan fingerprint density at radius 2 is 0.773 bits per heavy atom. The fraction of sp³-hybridized carbons (Fsp3) is 0.759. The van der Waals surface area contributed by atoms with Gasteiger partial charge in [-0.05, 0) is 96.3 Å². The summed E-state index contributed by atoms with van der Waals surface area (Å²) in [5.74, 6) is -1.51. The highest BCUT2D eigenvalue weighted by molar-refractivity contribution is 7.47. The first kappa shape index (κ1) is 63.2. The Hall–Kier alpha value is -2.82. The van der Waals surface area contributed by atoms with Crippen LogP contribution in [0.25, 0.3) is 0 Å². The van der Waals surface area contributed by atoms with Gasteiger partial charge < -0.3 is 24.2 Å². The Bertz CT molecular complexity index is 1340. The van der Waals surface area contributed by atoms with Gasteiger partial charge >= 0.3 is 25.7 Å². The van der Waals surface area contributed by atoms with Crippen molar-refractivity contribution in [1.82, 2.24) is 0 Å². The Labute approximate surface area is 402 Å². The molecular formula is C54H95O11P. The first-order chi connectivity index (χ1) is 32.2. The van der Waals surface area contributed by atoms with Crippen LogP contribution in [-0.4, -0.2) is 66.5 Å². The van der Waals surface area contributed by atoms with Gasteiger partial charge in [-0.25, -0.2) is 4.57 Å². The predicted octanol–water partition coefficient (Wildman–Crippen LogP) is 14.8. The molecule has 0 aromatic heterocycles. The summed E-state index contributed by atoms with van der Waals surface area (Å²) < 4.78 is 39.3. The van der Waals surface area contributed by atoms with E-state index in [4.69, 9.17) is 23.3 Å². The van der Waals surface area contributed by atoms with Gasteiger partial charge in [0.05, 0.1) is 19.8 Å². The van der Waals surface area contributed by atoms with E-state index in [2.05, 4.69) is 81.5 Å². The van der Waals surface area contributed by atoms with E-state index >= 15 is 0 Å². The highest BCUT2D eigenvalue weighted by Crippen LogP contribution is 2.43. The number of allylic oxidation sites excluding steroid dienone is 10. The van der Waals surface area contributed by atoms with E-state index in [1.54, 1.807) is 0 Å². The van der Waals surface area contributed by atoms with Gasteiger partial charge in [-0.2, -0.15) is 0 Å². The molecule has 12 heteroatoms. The third-order valence-corrected chi connectivity index (χ3v) is 11.8. The lowest BCUT2D eigenvalue weighted by atomic mass is 10.1. The number of carbonyl (C=O) groups is 3. The van der Waals surface area contributed by atoms with Crippen molar-refractivity contribution in [3.05, 3.63) is 60.8 Å². The van der Waals surface area contributed by atoms with Crippen LogP contribution < -0.4 is 0 Å². The number of carbonyl (C=O) groups excluding carboxylic acids is 3. The molecule has 3 unspecified atom stereocenters. The summed E-state index contributed by atoms with van der Waals surface area (Å²) >= 11 is 0. The number of esters is 3. The minimum Gasteiger partial charge on any atom is -0.462 e. The SMILES string of the molecule is CCC/C=C\C/C=C\CCCCCCCC(=O)OCC(COP(=O)(O)OCC(CO)OC(=O)CCCCCCC/C=C\CCCCCC)OC(=O)CCCCCCC/C=C\C/C=C\CCC. The van der Waals surface area contributed by atoms with E-state index in [0.29, 0.717) is 19.3 Å². The predicted molar refractivity (Wildman–Crippen MR) is 270 cm³/mol. The Kier molecular flexibility index (Phi) is 46.6. The van der Waals surface area contributed by atoms with Gasteiger partial charge in [-0.15, -0.1) is 0 Å². The van der Waals surface area contributed by atoms with Gasteiger partial charge in [0.25, 0.3) is 0 Å². The number of aliphatic hydroxyl groups is 1. The molecule has 0 spiro atoms. The Morgan fingerprint density at radius 3 is 1.20 bits per heavy atom. The molecule has 0 amide bonds. The standard InChI is InChI=1S/C54H95O11P/c1-4-7-10-13-16-19-22-25-28-31-34-37-40-43-52(56)61-47-51(65-54(58)45-42-39-36-33-30-27-24-21-18-15-12-9-6-3)49-63-66(59,60)62-48-50(46-55)64-53(57)44-41-38-35-32-29-26-23-20-17-14-11-8-5-2/h10,12-13,15,19-24,50-51,55H,4-9,11,14,16-18,25-49H2,1-3H3,(H,59,60)/b13-10-,15-12-,22-19-,23-20-,24-21-. The van der Waals surface area contributed by atoms with E-state index in [1.165, 1.54) is 32.1 Å². The van der Waals surface area contributed by atoms with Crippen molar-refractivity contribution >= 4 is 25.7 Å². The van der Waals surface area contributed by atoms with Gasteiger partial charge in [0.15, 0.2) is 6.10 Å². The lowest BCUT2D eigenvalue weighted by molar-refractivity contribution is -0.161. The second-order valence-electron chi connectivity index (χ2n) is 17.3. The molecule has 0 fully saturated rings. The summed E-state index contributed by atoms with van der Waals surface area (Å²) in [6, 6.07) is 0. The Morgan fingerprint density at radius 1 is 0.424 bits per heavy atom. The number of hydrogen-bond donors (Lipinski definition) is 2. The van der Waals surface area contributed by atoms with Gasteiger partial charge in [0.1, 0.15) is 12.7 Å². The van der Waals surface area contributed by atoms with Crippen LogP contribution in [0, 0.1) is 0 Å². The maximum Gasteiger partial charge on any atom is 0.472 e. The van der Waals surface area contributed by atoms with Crippen molar-refractivity contribution in [2.75, 3.05) is 26.4 Å². The van der Waals surface area contributed by atoms with E-state index in [9.17, 15) is 28.9 Å². The van der Waals surface area contributed by atoms with Crippen LogP contribution in [0.15, 0.2) is 60.8 Å². The molecule has 0 saturated heterocycles. The number of ether oxygens (including phenoxy) is 3. The van der Waals surface area contributed by atoms with E-state index in [0.717, 1.165) is 135 Å². The van der Waals surface area contributed by atoms with E-state index in [-0.39, 0.29) is 25.9 Å². The summed E-state index contributed by atoms with van der Waals surface area (Å²) in [6.07, 6.45) is 50.4. The molecule has 3 atom stereocenters.